The molecule has 0 saturated carbocycles. The van der Waals surface area contributed by atoms with Gasteiger partial charge in [-0.1, -0.05) is 6.92 Å². The number of hydrogen-bond donors (Lipinski definition) is 1. The van der Waals surface area contributed by atoms with Crippen LogP contribution in [0.15, 0.2) is 18.3 Å². The highest BCUT2D eigenvalue weighted by Crippen LogP contribution is 2.21. The van der Waals surface area contributed by atoms with Crippen LogP contribution in [0.2, 0.25) is 0 Å². The maximum Gasteiger partial charge on any atom is 0.276 e. The minimum atomic E-state index is -0.198. The molecule has 1 fully saturated rings. The van der Waals surface area contributed by atoms with Crippen LogP contribution >= 0.6 is 0 Å². The molecule has 1 amide bonds. The lowest BCUT2D eigenvalue weighted by Gasteiger charge is -2.16. The quantitative estimate of drug-likeness (QED) is 0.822. The van der Waals surface area contributed by atoms with E-state index in [-0.39, 0.29) is 17.4 Å². The largest absolute Gasteiger partial charge is 0.505 e. The van der Waals surface area contributed by atoms with Crippen molar-refractivity contribution in [2.75, 3.05) is 26.3 Å². The topological polar surface area (TPSA) is 62.7 Å². The Morgan fingerprint density at radius 2 is 2.47 bits per heavy atom. The van der Waals surface area contributed by atoms with Crippen LogP contribution in [0.4, 0.5) is 0 Å². The predicted molar refractivity (Wildman–Crippen MR) is 71.0 cm³/mol. The van der Waals surface area contributed by atoms with Crippen LogP contribution in [0.1, 0.15) is 30.3 Å². The third kappa shape index (κ3) is 3.44. The molecule has 1 unspecified atom stereocenters. The number of hydrogen-bond acceptors (Lipinski definition) is 4. The standard InChI is InChI=1S/C14H20N2O3/c1-2-8-19-10-11-5-7-16(9-11)14(18)13-12(17)4-3-6-15-13/h3-4,6,11,17H,2,5,7-10H2,1H3. The van der Waals surface area contributed by atoms with Crippen molar-refractivity contribution in [1.29, 1.82) is 0 Å². The van der Waals surface area contributed by atoms with E-state index < -0.39 is 0 Å². The van der Waals surface area contributed by atoms with E-state index in [1.807, 2.05) is 0 Å². The molecule has 1 N–H and O–H groups in total. The number of rotatable bonds is 5. The van der Waals surface area contributed by atoms with Gasteiger partial charge in [-0.05, 0) is 25.0 Å². The van der Waals surface area contributed by atoms with E-state index in [0.717, 1.165) is 19.4 Å². The van der Waals surface area contributed by atoms with Gasteiger partial charge >= 0.3 is 0 Å². The molecule has 0 radical (unpaired) electrons. The number of ether oxygens (including phenoxy) is 1. The minimum Gasteiger partial charge on any atom is -0.505 e. The Kier molecular flexibility index (Phi) is 4.74. The fourth-order valence-electron chi connectivity index (χ4n) is 2.26. The van der Waals surface area contributed by atoms with Crippen molar-refractivity contribution in [1.82, 2.24) is 9.88 Å². The van der Waals surface area contributed by atoms with Crippen LogP contribution < -0.4 is 0 Å². The maximum absolute atomic E-state index is 12.2. The van der Waals surface area contributed by atoms with Crippen molar-refractivity contribution in [3.63, 3.8) is 0 Å². The lowest BCUT2D eigenvalue weighted by atomic mass is 10.1. The van der Waals surface area contributed by atoms with E-state index in [2.05, 4.69) is 11.9 Å². The fourth-order valence-corrected chi connectivity index (χ4v) is 2.26. The zero-order valence-electron chi connectivity index (χ0n) is 11.2. The molecule has 1 atom stereocenters. The summed E-state index contributed by atoms with van der Waals surface area (Å²) in [6.07, 6.45) is 3.48. The van der Waals surface area contributed by atoms with Gasteiger partial charge in [0.1, 0.15) is 5.75 Å². The van der Waals surface area contributed by atoms with Gasteiger partial charge in [0.2, 0.25) is 0 Å². The number of likely N-dealkylation sites (tertiary alicyclic amines) is 1. The average Bonchev–Trinajstić information content (AvgIpc) is 2.88. The van der Waals surface area contributed by atoms with Crippen molar-refractivity contribution in [3.8, 4) is 5.75 Å². The van der Waals surface area contributed by atoms with Gasteiger partial charge in [-0.15, -0.1) is 0 Å². The molecule has 1 aromatic heterocycles. The SMILES string of the molecule is CCCOCC1CCN(C(=O)c2ncccc2O)C1. The highest BCUT2D eigenvalue weighted by atomic mass is 16.5. The summed E-state index contributed by atoms with van der Waals surface area (Å²) in [6, 6.07) is 3.09. The number of aromatic nitrogens is 1. The number of pyridine rings is 1. The number of aromatic hydroxyl groups is 1. The molecular weight excluding hydrogens is 244 g/mol. The first-order chi connectivity index (χ1) is 9.22. The zero-order valence-corrected chi connectivity index (χ0v) is 11.2. The van der Waals surface area contributed by atoms with E-state index in [1.165, 1.54) is 12.3 Å². The van der Waals surface area contributed by atoms with Gasteiger partial charge in [0.05, 0.1) is 6.61 Å². The van der Waals surface area contributed by atoms with Crippen LogP contribution in [0.5, 0.6) is 5.75 Å². The second-order valence-electron chi connectivity index (χ2n) is 4.85. The Hall–Kier alpha value is -1.62. The van der Waals surface area contributed by atoms with Crippen LogP contribution in [0.3, 0.4) is 0 Å². The second kappa shape index (κ2) is 6.52. The summed E-state index contributed by atoms with van der Waals surface area (Å²) in [5.41, 5.74) is 0.137. The van der Waals surface area contributed by atoms with Gasteiger partial charge < -0.3 is 14.7 Å². The Bertz CT molecular complexity index is 436. The van der Waals surface area contributed by atoms with Crippen molar-refractivity contribution in [2.24, 2.45) is 5.92 Å². The third-order valence-electron chi connectivity index (χ3n) is 3.26. The molecule has 5 nitrogen and oxygen atoms in total. The second-order valence-corrected chi connectivity index (χ2v) is 4.85. The van der Waals surface area contributed by atoms with E-state index in [9.17, 15) is 9.90 Å². The molecule has 5 heteroatoms. The molecule has 1 aliphatic rings. The highest BCUT2D eigenvalue weighted by Gasteiger charge is 2.28. The van der Waals surface area contributed by atoms with Gasteiger partial charge in [-0.3, -0.25) is 4.79 Å². The van der Waals surface area contributed by atoms with Gasteiger partial charge in [-0.25, -0.2) is 4.98 Å². The molecule has 1 aliphatic heterocycles. The number of amides is 1. The Balaban J connectivity index is 1.90. The summed E-state index contributed by atoms with van der Waals surface area (Å²) < 4.78 is 5.52. The smallest absolute Gasteiger partial charge is 0.276 e. The van der Waals surface area contributed by atoms with E-state index in [4.69, 9.17) is 4.74 Å². The molecule has 0 bridgehead atoms. The molecule has 0 aliphatic carbocycles. The van der Waals surface area contributed by atoms with Crippen molar-refractivity contribution in [2.45, 2.75) is 19.8 Å². The molecular formula is C14H20N2O3. The Morgan fingerprint density at radius 3 is 3.21 bits per heavy atom. The molecule has 1 saturated heterocycles. The maximum atomic E-state index is 12.2. The molecule has 1 aromatic rings. The summed E-state index contributed by atoms with van der Waals surface area (Å²) in [5, 5.41) is 9.65. The van der Waals surface area contributed by atoms with Crippen LogP contribution in [-0.4, -0.2) is 47.2 Å². The van der Waals surface area contributed by atoms with Crippen LogP contribution in [-0.2, 0) is 4.74 Å². The molecule has 0 spiro atoms. The summed E-state index contributed by atoms with van der Waals surface area (Å²) in [5.74, 6) is 0.135. The third-order valence-corrected chi connectivity index (χ3v) is 3.26. The Morgan fingerprint density at radius 1 is 1.63 bits per heavy atom. The van der Waals surface area contributed by atoms with E-state index in [1.54, 1.807) is 11.0 Å². The molecule has 0 aromatic carbocycles. The predicted octanol–water partition coefficient (Wildman–Crippen LogP) is 1.68. The summed E-state index contributed by atoms with van der Waals surface area (Å²) >= 11 is 0. The molecule has 19 heavy (non-hydrogen) atoms. The highest BCUT2D eigenvalue weighted by molar-refractivity contribution is 5.94. The normalized spacial score (nSPS) is 18.8. The monoisotopic (exact) mass is 264 g/mol. The summed E-state index contributed by atoms with van der Waals surface area (Å²) in [6.45, 7) is 4.93. The first-order valence-electron chi connectivity index (χ1n) is 6.73. The van der Waals surface area contributed by atoms with Gasteiger partial charge in [0.15, 0.2) is 5.69 Å². The number of carbonyl (C=O) groups is 1. The van der Waals surface area contributed by atoms with Crippen molar-refractivity contribution >= 4 is 5.91 Å². The Labute approximate surface area is 113 Å². The lowest BCUT2D eigenvalue weighted by molar-refractivity contribution is 0.0746. The zero-order chi connectivity index (χ0) is 13.7. The first-order valence-corrected chi connectivity index (χ1v) is 6.73. The number of nitrogens with zero attached hydrogens (tertiary/aromatic N) is 2. The van der Waals surface area contributed by atoms with Crippen molar-refractivity contribution in [3.05, 3.63) is 24.0 Å². The molecule has 104 valence electrons. The van der Waals surface area contributed by atoms with E-state index in [0.29, 0.717) is 25.6 Å². The first kappa shape index (κ1) is 13.8. The van der Waals surface area contributed by atoms with Gasteiger partial charge in [0.25, 0.3) is 5.91 Å². The fraction of sp³-hybridized carbons (Fsp3) is 0.571. The van der Waals surface area contributed by atoms with Gasteiger partial charge in [-0.2, -0.15) is 0 Å². The van der Waals surface area contributed by atoms with E-state index >= 15 is 0 Å². The molecule has 2 rings (SSSR count). The summed E-state index contributed by atoms with van der Waals surface area (Å²) in [7, 11) is 0. The van der Waals surface area contributed by atoms with Crippen LogP contribution in [0, 0.1) is 5.92 Å². The van der Waals surface area contributed by atoms with Crippen molar-refractivity contribution < 1.29 is 14.6 Å². The van der Waals surface area contributed by atoms with Crippen LogP contribution in [0.25, 0.3) is 0 Å². The molecule has 2 heterocycles. The summed E-state index contributed by atoms with van der Waals surface area (Å²) in [4.78, 5) is 17.9. The van der Waals surface area contributed by atoms with Gasteiger partial charge in [0, 0.05) is 31.8 Å². The lowest BCUT2D eigenvalue weighted by Crippen LogP contribution is -2.30. The minimum absolute atomic E-state index is 0.0572. The number of carbonyl (C=O) groups excluding carboxylic acids is 1. The average molecular weight is 264 g/mol.